The van der Waals surface area contributed by atoms with Gasteiger partial charge >= 0.3 is 0 Å². The van der Waals surface area contributed by atoms with Gasteiger partial charge in [0.15, 0.2) is 0 Å². The van der Waals surface area contributed by atoms with Crippen LogP contribution in [0.1, 0.15) is 54.9 Å². The molecule has 0 radical (unpaired) electrons. The van der Waals surface area contributed by atoms with Crippen molar-refractivity contribution >= 4 is 5.71 Å². The summed E-state index contributed by atoms with van der Waals surface area (Å²) < 4.78 is 0. The van der Waals surface area contributed by atoms with Crippen LogP contribution in [0.4, 0.5) is 0 Å². The zero-order valence-corrected chi connectivity index (χ0v) is 11.5. The predicted molar refractivity (Wildman–Crippen MR) is 70.3 cm³/mol. The van der Waals surface area contributed by atoms with Crippen molar-refractivity contribution in [1.82, 2.24) is 0 Å². The first-order valence-electron chi connectivity index (χ1n) is 6.15. The smallest absolute Gasteiger partial charge is 0.0385 e. The zero-order chi connectivity index (χ0) is 12.0. The highest BCUT2D eigenvalue weighted by Crippen LogP contribution is 2.19. The van der Waals surface area contributed by atoms with Gasteiger partial charge in [-0.15, -0.1) is 0 Å². The molecule has 0 aromatic rings. The second kappa shape index (κ2) is 6.81. The molecule has 2 atom stereocenters. The molecule has 0 bridgehead atoms. The first kappa shape index (κ1) is 14.4. The first-order valence-corrected chi connectivity index (χ1v) is 6.15. The maximum Gasteiger partial charge on any atom is 0.0385 e. The summed E-state index contributed by atoms with van der Waals surface area (Å²) >= 11 is 0. The number of nitrogens with zero attached hydrogens (tertiary/aromatic N) is 1. The van der Waals surface area contributed by atoms with E-state index in [1.807, 2.05) is 0 Å². The summed E-state index contributed by atoms with van der Waals surface area (Å²) in [6.45, 7) is 15.4. The van der Waals surface area contributed by atoms with E-state index >= 15 is 0 Å². The van der Waals surface area contributed by atoms with Gasteiger partial charge in [0.2, 0.25) is 0 Å². The molecule has 0 aliphatic carbocycles. The Hall–Kier alpha value is -0.590. The van der Waals surface area contributed by atoms with E-state index in [-0.39, 0.29) is 0 Å². The average molecular weight is 209 g/mol. The van der Waals surface area contributed by atoms with Crippen LogP contribution in [0.3, 0.4) is 0 Å². The lowest BCUT2D eigenvalue weighted by Gasteiger charge is -2.19. The monoisotopic (exact) mass is 209 g/mol. The van der Waals surface area contributed by atoms with Crippen molar-refractivity contribution in [3.63, 3.8) is 0 Å². The van der Waals surface area contributed by atoms with E-state index in [2.05, 4.69) is 54.5 Å². The Morgan fingerprint density at radius 3 is 2.07 bits per heavy atom. The fraction of sp³-hybridized carbons (Fsp3) is 0.786. The van der Waals surface area contributed by atoms with Crippen molar-refractivity contribution in [3.05, 3.63) is 11.8 Å². The molecular weight excluding hydrogens is 182 g/mol. The van der Waals surface area contributed by atoms with Gasteiger partial charge in [0.25, 0.3) is 0 Å². The summed E-state index contributed by atoms with van der Waals surface area (Å²) in [5, 5.41) is 0. The summed E-state index contributed by atoms with van der Waals surface area (Å²) in [4.78, 5) is 4.74. The van der Waals surface area contributed by atoms with Gasteiger partial charge in [0.1, 0.15) is 0 Å². The molecule has 0 aliphatic heterocycles. The van der Waals surface area contributed by atoms with Crippen LogP contribution in [0.15, 0.2) is 16.8 Å². The van der Waals surface area contributed by atoms with Gasteiger partial charge in [-0.05, 0) is 31.6 Å². The highest BCUT2D eigenvalue weighted by molar-refractivity contribution is 5.85. The molecule has 15 heavy (non-hydrogen) atoms. The van der Waals surface area contributed by atoms with Crippen molar-refractivity contribution < 1.29 is 0 Å². The van der Waals surface area contributed by atoms with Crippen molar-refractivity contribution in [2.24, 2.45) is 22.7 Å². The number of hydrogen-bond donors (Lipinski definition) is 0. The van der Waals surface area contributed by atoms with Crippen LogP contribution in [-0.2, 0) is 0 Å². The zero-order valence-electron chi connectivity index (χ0n) is 11.5. The standard InChI is InChI=1S/C14H27N/c1-8-11(5)12(6)13(7)15-14(9-2)10(3)4/h9-12H,8H2,1-7H3/b14-9-,15-13?. The lowest BCUT2D eigenvalue weighted by Crippen LogP contribution is -2.16. The Bertz CT molecular complexity index is 236. The Kier molecular flexibility index (Phi) is 6.55. The lowest BCUT2D eigenvalue weighted by molar-refractivity contribution is 0.467. The number of hydrogen-bond acceptors (Lipinski definition) is 1. The lowest BCUT2D eigenvalue weighted by atomic mass is 9.90. The summed E-state index contributed by atoms with van der Waals surface area (Å²) in [6.07, 6.45) is 3.35. The van der Waals surface area contributed by atoms with Crippen LogP contribution in [0.5, 0.6) is 0 Å². The van der Waals surface area contributed by atoms with E-state index in [9.17, 15) is 0 Å². The molecule has 2 unspecified atom stereocenters. The maximum atomic E-state index is 4.74. The van der Waals surface area contributed by atoms with Crippen LogP contribution in [0.25, 0.3) is 0 Å². The second-order valence-electron chi connectivity index (χ2n) is 4.80. The third kappa shape index (κ3) is 4.63. The quantitative estimate of drug-likeness (QED) is 0.582. The Balaban J connectivity index is 4.68. The van der Waals surface area contributed by atoms with Crippen LogP contribution < -0.4 is 0 Å². The topological polar surface area (TPSA) is 12.4 Å². The molecule has 0 aromatic heterocycles. The van der Waals surface area contributed by atoms with Gasteiger partial charge in [-0.1, -0.05) is 47.1 Å². The molecule has 0 N–H and O–H groups in total. The van der Waals surface area contributed by atoms with Crippen molar-refractivity contribution in [3.8, 4) is 0 Å². The van der Waals surface area contributed by atoms with E-state index in [0.717, 1.165) is 5.92 Å². The normalized spacial score (nSPS) is 18.1. The summed E-state index contributed by atoms with van der Waals surface area (Å²) in [5.74, 6) is 1.83. The fourth-order valence-electron chi connectivity index (χ4n) is 1.60. The molecule has 0 spiro atoms. The van der Waals surface area contributed by atoms with Gasteiger partial charge in [0.05, 0.1) is 0 Å². The number of allylic oxidation sites excluding steroid dienone is 2. The van der Waals surface area contributed by atoms with Gasteiger partial charge < -0.3 is 0 Å². The number of rotatable bonds is 5. The molecule has 1 heteroatoms. The van der Waals surface area contributed by atoms with Crippen LogP contribution >= 0.6 is 0 Å². The molecule has 1 nitrogen and oxygen atoms in total. The Morgan fingerprint density at radius 1 is 1.20 bits per heavy atom. The summed E-state index contributed by atoms with van der Waals surface area (Å²) in [6, 6.07) is 0. The van der Waals surface area contributed by atoms with Crippen LogP contribution in [0, 0.1) is 17.8 Å². The minimum atomic E-state index is 0.522. The van der Waals surface area contributed by atoms with E-state index < -0.39 is 0 Å². The molecule has 0 aliphatic rings. The molecule has 0 fully saturated rings. The molecule has 0 saturated heterocycles. The van der Waals surface area contributed by atoms with Gasteiger partial charge in [0, 0.05) is 11.4 Å². The SMILES string of the molecule is C/C=C(\N=C(C)C(C)C(C)CC)C(C)C. The predicted octanol–water partition coefficient (Wildman–Crippen LogP) is 4.69. The van der Waals surface area contributed by atoms with Crippen LogP contribution in [-0.4, -0.2) is 5.71 Å². The minimum Gasteiger partial charge on any atom is -0.262 e. The molecule has 0 heterocycles. The number of aliphatic imine (C=N–C) groups is 1. The molecular formula is C14H27N. The molecule has 88 valence electrons. The van der Waals surface area contributed by atoms with Crippen molar-refractivity contribution in [2.75, 3.05) is 0 Å². The fourth-order valence-corrected chi connectivity index (χ4v) is 1.60. The average Bonchev–Trinajstić information content (AvgIpc) is 2.22. The highest BCUT2D eigenvalue weighted by atomic mass is 14.8. The first-order chi connectivity index (χ1) is 6.93. The molecule has 0 amide bonds. The Morgan fingerprint density at radius 2 is 1.73 bits per heavy atom. The minimum absolute atomic E-state index is 0.522. The summed E-state index contributed by atoms with van der Waals surface area (Å²) in [7, 11) is 0. The van der Waals surface area contributed by atoms with Gasteiger partial charge in [-0.25, -0.2) is 0 Å². The molecule has 0 rings (SSSR count). The van der Waals surface area contributed by atoms with E-state index in [1.165, 1.54) is 17.8 Å². The second-order valence-corrected chi connectivity index (χ2v) is 4.80. The largest absolute Gasteiger partial charge is 0.262 e. The maximum absolute atomic E-state index is 4.74. The molecule has 0 aromatic carbocycles. The third-order valence-corrected chi connectivity index (χ3v) is 3.35. The van der Waals surface area contributed by atoms with Crippen molar-refractivity contribution in [1.29, 1.82) is 0 Å². The van der Waals surface area contributed by atoms with Gasteiger partial charge in [-0.3, -0.25) is 4.99 Å². The summed E-state index contributed by atoms with van der Waals surface area (Å²) in [5.41, 5.74) is 2.48. The van der Waals surface area contributed by atoms with Crippen LogP contribution in [0.2, 0.25) is 0 Å². The van der Waals surface area contributed by atoms with E-state index in [4.69, 9.17) is 4.99 Å². The third-order valence-electron chi connectivity index (χ3n) is 3.35. The van der Waals surface area contributed by atoms with Gasteiger partial charge in [-0.2, -0.15) is 0 Å². The van der Waals surface area contributed by atoms with E-state index in [1.54, 1.807) is 0 Å². The molecule has 0 saturated carbocycles. The Labute approximate surface area is 95.7 Å². The van der Waals surface area contributed by atoms with Crippen molar-refractivity contribution in [2.45, 2.75) is 54.9 Å². The highest BCUT2D eigenvalue weighted by Gasteiger charge is 2.13. The van der Waals surface area contributed by atoms with E-state index in [0.29, 0.717) is 11.8 Å².